The summed E-state index contributed by atoms with van der Waals surface area (Å²) in [5.74, 6) is -4.31. The third kappa shape index (κ3) is 3.71. The second kappa shape index (κ2) is 8.67. The number of hydrogen-bond acceptors (Lipinski definition) is 7. The number of aliphatic hydroxyl groups is 4. The number of ether oxygens (including phenoxy) is 3. The van der Waals surface area contributed by atoms with Crippen molar-refractivity contribution < 1.29 is 43.4 Å². The summed E-state index contributed by atoms with van der Waals surface area (Å²) in [7, 11) is 0. The summed E-state index contributed by atoms with van der Waals surface area (Å²) in [5, 5.41) is 43.0. The highest BCUT2D eigenvalue weighted by atomic mass is 35.5. The Hall–Kier alpha value is -1.85. The summed E-state index contributed by atoms with van der Waals surface area (Å²) in [5.41, 5.74) is -2.75. The summed E-state index contributed by atoms with van der Waals surface area (Å²) in [4.78, 5) is 0. The van der Waals surface area contributed by atoms with Gasteiger partial charge in [-0.1, -0.05) is 23.7 Å². The first-order valence-electron chi connectivity index (χ1n) is 10.9. The lowest BCUT2D eigenvalue weighted by Crippen LogP contribution is -2.70. The fourth-order valence-electron chi connectivity index (χ4n) is 4.59. The molecule has 4 N–H and O–H groups in total. The second-order valence-electron chi connectivity index (χ2n) is 9.15. The van der Waals surface area contributed by atoms with E-state index >= 15 is 0 Å². The molecule has 0 amide bonds. The molecule has 4 rings (SSSR count). The van der Waals surface area contributed by atoms with Gasteiger partial charge in [-0.15, -0.1) is 0 Å². The van der Waals surface area contributed by atoms with Crippen LogP contribution >= 0.6 is 11.6 Å². The molecule has 2 fully saturated rings. The number of halogens is 3. The number of fused-ring (bicyclic) bond motifs is 2. The molecule has 0 unspecified atom stereocenters. The molecular formula is C24H27ClF2O7. The zero-order chi connectivity index (χ0) is 25.1. The van der Waals surface area contributed by atoms with E-state index in [2.05, 4.69) is 0 Å². The smallest absolute Gasteiger partial charge is 0.225 e. The summed E-state index contributed by atoms with van der Waals surface area (Å²) in [6.45, 7) is 4.32. The van der Waals surface area contributed by atoms with Crippen molar-refractivity contribution >= 4 is 11.6 Å². The molecule has 7 nitrogen and oxygen atoms in total. The Morgan fingerprint density at radius 3 is 2.44 bits per heavy atom. The van der Waals surface area contributed by atoms with Crippen LogP contribution in [0.1, 0.15) is 37.5 Å². The minimum Gasteiger partial charge on any atom is -0.491 e. The molecule has 34 heavy (non-hydrogen) atoms. The van der Waals surface area contributed by atoms with E-state index in [9.17, 15) is 29.2 Å². The number of aliphatic hydroxyl groups excluding tert-OH is 3. The Labute approximate surface area is 200 Å². The van der Waals surface area contributed by atoms with E-state index in [1.807, 2.05) is 0 Å². The van der Waals surface area contributed by atoms with Crippen LogP contribution in [0.25, 0.3) is 0 Å². The molecule has 2 aromatic rings. The summed E-state index contributed by atoms with van der Waals surface area (Å²) < 4.78 is 45.9. The van der Waals surface area contributed by atoms with Crippen LogP contribution in [0, 0.1) is 11.6 Å². The van der Waals surface area contributed by atoms with Crippen LogP contribution in [-0.4, -0.2) is 63.2 Å². The summed E-state index contributed by atoms with van der Waals surface area (Å²) >= 11 is 6.33. The van der Waals surface area contributed by atoms with Crippen LogP contribution in [0.4, 0.5) is 8.78 Å². The average molecular weight is 501 g/mol. The first-order chi connectivity index (χ1) is 15.9. The van der Waals surface area contributed by atoms with Crippen molar-refractivity contribution in [2.75, 3.05) is 13.2 Å². The molecule has 2 aliphatic rings. The molecule has 2 saturated heterocycles. The van der Waals surface area contributed by atoms with Gasteiger partial charge in [0.2, 0.25) is 11.6 Å². The molecule has 0 saturated carbocycles. The first-order valence-corrected chi connectivity index (χ1v) is 11.2. The molecule has 0 aliphatic carbocycles. The number of hydrogen-bond donors (Lipinski definition) is 4. The van der Waals surface area contributed by atoms with E-state index in [4.69, 9.17) is 25.8 Å². The number of rotatable bonds is 6. The van der Waals surface area contributed by atoms with E-state index in [1.54, 1.807) is 6.92 Å². The van der Waals surface area contributed by atoms with Crippen LogP contribution in [0.5, 0.6) is 5.75 Å². The average Bonchev–Trinajstić information content (AvgIpc) is 3.18. The lowest BCUT2D eigenvalue weighted by Gasteiger charge is -2.50. The Bertz CT molecular complexity index is 1090. The molecule has 0 radical (unpaired) electrons. The fraction of sp³-hybridized carbons (Fsp3) is 0.500. The lowest BCUT2D eigenvalue weighted by atomic mass is 9.75. The zero-order valence-corrected chi connectivity index (χ0v) is 19.6. The third-order valence-electron chi connectivity index (χ3n) is 6.64. The molecule has 2 heterocycles. The van der Waals surface area contributed by atoms with Crippen molar-refractivity contribution in [2.24, 2.45) is 0 Å². The predicted molar refractivity (Wildman–Crippen MR) is 118 cm³/mol. The molecule has 2 bridgehead atoms. The van der Waals surface area contributed by atoms with Gasteiger partial charge in [-0.3, -0.25) is 0 Å². The predicted octanol–water partition coefficient (Wildman–Crippen LogP) is 2.41. The van der Waals surface area contributed by atoms with Crippen LogP contribution < -0.4 is 4.74 Å². The van der Waals surface area contributed by atoms with Gasteiger partial charge in [0, 0.05) is 17.0 Å². The highest BCUT2D eigenvalue weighted by molar-refractivity contribution is 6.31. The van der Waals surface area contributed by atoms with Gasteiger partial charge < -0.3 is 34.6 Å². The van der Waals surface area contributed by atoms with E-state index in [-0.39, 0.29) is 41.5 Å². The Balaban J connectivity index is 1.74. The van der Waals surface area contributed by atoms with Gasteiger partial charge >= 0.3 is 0 Å². The Morgan fingerprint density at radius 2 is 1.79 bits per heavy atom. The minimum atomic E-state index is -1.93. The minimum absolute atomic E-state index is 0.0243. The lowest BCUT2D eigenvalue weighted by molar-refractivity contribution is -0.348. The van der Waals surface area contributed by atoms with Gasteiger partial charge in [-0.25, -0.2) is 4.39 Å². The summed E-state index contributed by atoms with van der Waals surface area (Å²) in [6, 6.07) is 7.18. The second-order valence-corrected chi connectivity index (χ2v) is 9.56. The fourth-order valence-corrected chi connectivity index (χ4v) is 4.78. The van der Waals surface area contributed by atoms with Crippen LogP contribution in [0.3, 0.4) is 0 Å². The monoisotopic (exact) mass is 500 g/mol. The van der Waals surface area contributed by atoms with Crippen molar-refractivity contribution in [2.45, 2.75) is 62.5 Å². The van der Waals surface area contributed by atoms with Crippen LogP contribution in [0.15, 0.2) is 30.3 Å². The highest BCUT2D eigenvalue weighted by Gasteiger charge is 2.71. The molecule has 186 valence electrons. The SMILES string of the molecule is CCOc1ccc(Cc2cc([C@]34OC[C@](C(C)(C)O)(O3)[C@@H](O)[C@H](O)[C@H]4O)ccc2Cl)c(F)c1F. The standard InChI is InChI=1S/C24H27ClF2O7/c1-4-32-16-8-5-12(17(26)18(16)27)9-13-10-14(6-7-15(13)25)24-21(30)19(28)20(29)23(34-24,11-33-24)22(2,3)31/h5-8,10,19-21,28-31H,4,9,11H2,1-3H3/t19-,20-,21+,23-,24-/m0/s1. The van der Waals surface area contributed by atoms with Gasteiger partial charge in [0.25, 0.3) is 0 Å². The van der Waals surface area contributed by atoms with E-state index in [0.29, 0.717) is 5.56 Å². The third-order valence-corrected chi connectivity index (χ3v) is 7.01. The van der Waals surface area contributed by atoms with Crippen LogP contribution in [-0.2, 0) is 21.7 Å². The van der Waals surface area contributed by atoms with Gasteiger partial charge in [0.1, 0.15) is 18.3 Å². The quantitative estimate of drug-likeness (QED) is 0.482. The van der Waals surface area contributed by atoms with E-state index in [0.717, 1.165) is 0 Å². The highest BCUT2D eigenvalue weighted by Crippen LogP contribution is 2.53. The topological polar surface area (TPSA) is 109 Å². The van der Waals surface area contributed by atoms with E-state index < -0.39 is 46.9 Å². The normalized spacial score (nSPS) is 31.1. The van der Waals surface area contributed by atoms with Crippen molar-refractivity contribution in [3.8, 4) is 5.75 Å². The molecular weight excluding hydrogens is 474 g/mol. The van der Waals surface area contributed by atoms with Gasteiger partial charge in [-0.05, 0) is 50.1 Å². The van der Waals surface area contributed by atoms with E-state index in [1.165, 1.54) is 44.2 Å². The number of benzene rings is 2. The van der Waals surface area contributed by atoms with Crippen molar-refractivity contribution in [3.05, 3.63) is 63.7 Å². The molecule has 2 aromatic carbocycles. The Kier molecular flexibility index (Phi) is 6.44. The maximum absolute atomic E-state index is 14.7. The maximum atomic E-state index is 14.7. The molecule has 5 atom stereocenters. The van der Waals surface area contributed by atoms with Gasteiger partial charge in [0.15, 0.2) is 17.2 Å². The largest absolute Gasteiger partial charge is 0.491 e. The first kappa shape index (κ1) is 25.2. The molecule has 2 aliphatic heterocycles. The summed E-state index contributed by atoms with van der Waals surface area (Å²) in [6.07, 6.45) is -5.14. The van der Waals surface area contributed by atoms with Gasteiger partial charge in [-0.2, -0.15) is 4.39 Å². The van der Waals surface area contributed by atoms with Crippen LogP contribution in [0.2, 0.25) is 5.02 Å². The Morgan fingerprint density at radius 1 is 1.09 bits per heavy atom. The van der Waals surface area contributed by atoms with Crippen molar-refractivity contribution in [3.63, 3.8) is 0 Å². The molecule has 0 aromatic heterocycles. The van der Waals surface area contributed by atoms with Crippen molar-refractivity contribution in [1.29, 1.82) is 0 Å². The molecule has 0 spiro atoms. The van der Waals surface area contributed by atoms with Gasteiger partial charge in [0.05, 0.1) is 18.8 Å². The zero-order valence-electron chi connectivity index (χ0n) is 18.9. The molecule has 10 heteroatoms. The maximum Gasteiger partial charge on any atom is 0.225 e. The van der Waals surface area contributed by atoms with Crippen molar-refractivity contribution in [1.82, 2.24) is 0 Å².